The van der Waals surface area contributed by atoms with Gasteiger partial charge in [0, 0.05) is 19.0 Å². The van der Waals surface area contributed by atoms with Crippen LogP contribution in [0.2, 0.25) is 0 Å². The second kappa shape index (κ2) is 9.02. The van der Waals surface area contributed by atoms with Crippen molar-refractivity contribution in [1.29, 1.82) is 0 Å². The Bertz CT molecular complexity index is 991. The lowest BCUT2D eigenvalue weighted by molar-refractivity contribution is -0.147. The zero-order valence-electron chi connectivity index (χ0n) is 18.3. The van der Waals surface area contributed by atoms with Gasteiger partial charge in [-0.2, -0.15) is 0 Å². The minimum absolute atomic E-state index is 0.0570. The maximum atomic E-state index is 12.8. The van der Waals surface area contributed by atoms with Crippen molar-refractivity contribution in [2.75, 3.05) is 19.7 Å². The predicted octanol–water partition coefficient (Wildman–Crippen LogP) is 3.48. The molecule has 1 fully saturated rings. The molecule has 2 aliphatic rings. The standard InChI is InChI=1S/C25H28N2O5/c1-15-11-17(24(29)30)13-27(12-15)23(28)16(2)26-25(31)32-14-22-20-9-5-3-7-18(20)19-8-4-6-10-21(19)22/h3-10,15-17,22H,11-14H2,1-2H3,(H,26,31)(H,29,30). The molecule has 7 nitrogen and oxygen atoms in total. The zero-order valence-corrected chi connectivity index (χ0v) is 18.3. The molecule has 0 bridgehead atoms. The Hall–Kier alpha value is -3.35. The fraction of sp³-hybridized carbons (Fsp3) is 0.400. The summed E-state index contributed by atoms with van der Waals surface area (Å²) in [5.41, 5.74) is 4.53. The topological polar surface area (TPSA) is 95.9 Å². The molecule has 0 spiro atoms. The maximum Gasteiger partial charge on any atom is 0.407 e. The summed E-state index contributed by atoms with van der Waals surface area (Å²) in [6.45, 7) is 4.34. The van der Waals surface area contributed by atoms with Crippen molar-refractivity contribution in [2.45, 2.75) is 32.2 Å². The van der Waals surface area contributed by atoms with E-state index < -0.39 is 24.0 Å². The van der Waals surface area contributed by atoms with Gasteiger partial charge in [-0.05, 0) is 41.5 Å². The summed E-state index contributed by atoms with van der Waals surface area (Å²) in [6.07, 6.45) is -0.111. The number of nitrogens with one attached hydrogen (secondary N) is 1. The number of aliphatic carboxylic acids is 1. The first-order valence-corrected chi connectivity index (χ1v) is 11.0. The highest BCUT2D eigenvalue weighted by Gasteiger charge is 2.34. The average molecular weight is 437 g/mol. The number of benzene rings is 2. The normalized spacial score (nSPS) is 20.8. The number of amides is 2. The molecule has 3 atom stereocenters. The van der Waals surface area contributed by atoms with Gasteiger partial charge in [0.25, 0.3) is 0 Å². The number of hydrogen-bond acceptors (Lipinski definition) is 4. The van der Waals surface area contributed by atoms with Crippen LogP contribution in [0, 0.1) is 11.8 Å². The summed E-state index contributed by atoms with van der Waals surface area (Å²) < 4.78 is 5.51. The highest BCUT2D eigenvalue weighted by Crippen LogP contribution is 2.44. The number of likely N-dealkylation sites (tertiary alicyclic amines) is 1. The van der Waals surface area contributed by atoms with Crippen LogP contribution in [0.4, 0.5) is 4.79 Å². The van der Waals surface area contributed by atoms with Crippen LogP contribution < -0.4 is 5.32 Å². The third-order valence-corrected chi connectivity index (χ3v) is 6.37. The Morgan fingerprint density at radius 3 is 2.25 bits per heavy atom. The van der Waals surface area contributed by atoms with Gasteiger partial charge in [0.1, 0.15) is 12.6 Å². The highest BCUT2D eigenvalue weighted by molar-refractivity contribution is 5.86. The second-order valence-corrected chi connectivity index (χ2v) is 8.81. The van der Waals surface area contributed by atoms with Gasteiger partial charge in [0.15, 0.2) is 0 Å². The first-order valence-electron chi connectivity index (χ1n) is 11.0. The van der Waals surface area contributed by atoms with E-state index in [2.05, 4.69) is 17.4 Å². The molecule has 0 saturated carbocycles. The molecule has 2 aromatic carbocycles. The number of carbonyl (C=O) groups excluding carboxylic acids is 2. The summed E-state index contributed by atoms with van der Waals surface area (Å²) in [5, 5.41) is 11.9. The van der Waals surface area contributed by atoms with Crippen molar-refractivity contribution < 1.29 is 24.2 Å². The number of nitrogens with zero attached hydrogens (tertiary/aromatic N) is 1. The number of ether oxygens (including phenoxy) is 1. The number of carbonyl (C=O) groups is 3. The van der Waals surface area contributed by atoms with E-state index in [9.17, 15) is 19.5 Å². The second-order valence-electron chi connectivity index (χ2n) is 8.81. The Kier molecular flexibility index (Phi) is 6.17. The molecule has 1 aliphatic carbocycles. The lowest BCUT2D eigenvalue weighted by Crippen LogP contribution is -2.52. The smallest absolute Gasteiger partial charge is 0.407 e. The van der Waals surface area contributed by atoms with Gasteiger partial charge in [0.05, 0.1) is 5.92 Å². The minimum Gasteiger partial charge on any atom is -0.481 e. The summed E-state index contributed by atoms with van der Waals surface area (Å²) in [6, 6.07) is 15.4. The van der Waals surface area contributed by atoms with E-state index in [-0.39, 0.29) is 30.9 Å². The Morgan fingerprint density at radius 1 is 1.06 bits per heavy atom. The van der Waals surface area contributed by atoms with Gasteiger partial charge >= 0.3 is 12.1 Å². The largest absolute Gasteiger partial charge is 0.481 e. The van der Waals surface area contributed by atoms with E-state index in [0.29, 0.717) is 13.0 Å². The monoisotopic (exact) mass is 436 g/mol. The Labute approximate surface area is 187 Å². The van der Waals surface area contributed by atoms with E-state index in [4.69, 9.17) is 4.74 Å². The fourth-order valence-electron chi connectivity index (χ4n) is 4.86. The van der Waals surface area contributed by atoms with Gasteiger partial charge in [-0.15, -0.1) is 0 Å². The molecule has 0 radical (unpaired) electrons. The summed E-state index contributed by atoms with van der Waals surface area (Å²) in [4.78, 5) is 38.2. The number of rotatable bonds is 5. The molecule has 1 heterocycles. The molecule has 1 saturated heterocycles. The summed E-state index contributed by atoms with van der Waals surface area (Å²) >= 11 is 0. The minimum atomic E-state index is -0.897. The van der Waals surface area contributed by atoms with Crippen molar-refractivity contribution >= 4 is 18.0 Å². The first kappa shape index (κ1) is 21.9. The fourth-order valence-corrected chi connectivity index (χ4v) is 4.86. The number of hydrogen-bond donors (Lipinski definition) is 2. The van der Waals surface area contributed by atoms with E-state index in [1.165, 1.54) is 4.90 Å². The molecule has 0 aromatic heterocycles. The molecular formula is C25H28N2O5. The molecule has 7 heteroatoms. The zero-order chi connectivity index (χ0) is 22.8. The number of carboxylic acid groups (broad SMARTS) is 1. The molecule has 2 N–H and O–H groups in total. The van der Waals surface area contributed by atoms with Crippen LogP contribution in [0.15, 0.2) is 48.5 Å². The van der Waals surface area contributed by atoms with Crippen LogP contribution in [0.3, 0.4) is 0 Å². The van der Waals surface area contributed by atoms with Crippen molar-refractivity contribution in [3.05, 3.63) is 59.7 Å². The van der Waals surface area contributed by atoms with Crippen LogP contribution in [0.5, 0.6) is 0 Å². The lowest BCUT2D eigenvalue weighted by Gasteiger charge is -2.36. The van der Waals surface area contributed by atoms with Crippen LogP contribution in [0.1, 0.15) is 37.3 Å². The highest BCUT2D eigenvalue weighted by atomic mass is 16.5. The number of piperidine rings is 1. The van der Waals surface area contributed by atoms with Gasteiger partial charge in [-0.1, -0.05) is 55.5 Å². The average Bonchev–Trinajstić information content (AvgIpc) is 3.10. The van der Waals surface area contributed by atoms with E-state index in [0.717, 1.165) is 22.3 Å². The van der Waals surface area contributed by atoms with Gasteiger partial charge in [-0.25, -0.2) is 4.79 Å². The lowest BCUT2D eigenvalue weighted by atomic mass is 9.90. The van der Waals surface area contributed by atoms with Crippen LogP contribution in [-0.2, 0) is 14.3 Å². The van der Waals surface area contributed by atoms with Crippen molar-refractivity contribution in [1.82, 2.24) is 10.2 Å². The van der Waals surface area contributed by atoms with Gasteiger partial charge in [0.2, 0.25) is 5.91 Å². The molecule has 3 unspecified atom stereocenters. The third-order valence-electron chi connectivity index (χ3n) is 6.37. The maximum absolute atomic E-state index is 12.8. The molecule has 2 aromatic rings. The summed E-state index contributed by atoms with van der Waals surface area (Å²) in [7, 11) is 0. The molecular weight excluding hydrogens is 408 g/mol. The van der Waals surface area contributed by atoms with Crippen molar-refractivity contribution in [3.63, 3.8) is 0 Å². The van der Waals surface area contributed by atoms with Crippen LogP contribution in [0.25, 0.3) is 11.1 Å². The number of alkyl carbamates (subject to hydrolysis) is 1. The Morgan fingerprint density at radius 2 is 1.66 bits per heavy atom. The van der Waals surface area contributed by atoms with Gasteiger partial charge in [-0.3, -0.25) is 9.59 Å². The summed E-state index contributed by atoms with van der Waals surface area (Å²) in [5.74, 6) is -1.74. The molecule has 2 amide bonds. The molecule has 32 heavy (non-hydrogen) atoms. The van der Waals surface area contributed by atoms with Crippen LogP contribution in [-0.4, -0.2) is 53.7 Å². The van der Waals surface area contributed by atoms with Crippen molar-refractivity contribution in [3.8, 4) is 11.1 Å². The molecule has 168 valence electrons. The number of carboxylic acids is 1. The predicted molar refractivity (Wildman–Crippen MR) is 119 cm³/mol. The van der Waals surface area contributed by atoms with E-state index in [1.54, 1.807) is 6.92 Å². The van der Waals surface area contributed by atoms with E-state index >= 15 is 0 Å². The quantitative estimate of drug-likeness (QED) is 0.748. The van der Waals surface area contributed by atoms with E-state index in [1.807, 2.05) is 43.3 Å². The molecule has 4 rings (SSSR count). The first-order chi connectivity index (χ1) is 15.3. The van der Waals surface area contributed by atoms with Crippen LogP contribution >= 0.6 is 0 Å². The van der Waals surface area contributed by atoms with Crippen molar-refractivity contribution in [2.24, 2.45) is 11.8 Å². The van der Waals surface area contributed by atoms with Gasteiger partial charge < -0.3 is 20.1 Å². The third kappa shape index (κ3) is 4.33. The molecule has 1 aliphatic heterocycles. The SMILES string of the molecule is CC1CC(C(=O)O)CN(C(=O)C(C)NC(=O)OCC2c3ccccc3-c3ccccc32)C1. The Balaban J connectivity index is 1.36. The number of fused-ring (bicyclic) bond motifs is 3.